The number of aliphatic imine (C=N–C) groups is 1. The molecule has 0 saturated heterocycles. The number of hydrogen-bond donors (Lipinski definition) is 1. The van der Waals surface area contributed by atoms with Crippen molar-refractivity contribution in [3.05, 3.63) is 204 Å². The molecule has 0 amide bonds. The SMILES string of the molecule is C1=CC2=C(CC1)c1c(n(C3=CC=C4N=C(c5ccc(-c6ccccc6)cc5)NC(c5ccc(-c6ccccc6)cc5)C4C3)c3ccc4ccccc4c13)CC2. The van der Waals surface area contributed by atoms with Gasteiger partial charge >= 0.3 is 0 Å². The van der Waals surface area contributed by atoms with Crippen molar-refractivity contribution in [1.29, 1.82) is 0 Å². The highest BCUT2D eigenvalue weighted by Crippen LogP contribution is 2.48. The first-order valence-electron chi connectivity index (χ1n) is 19.8. The molecule has 55 heavy (non-hydrogen) atoms. The van der Waals surface area contributed by atoms with E-state index in [0.717, 1.165) is 49.2 Å². The Balaban J connectivity index is 1.04. The second kappa shape index (κ2) is 13.1. The topological polar surface area (TPSA) is 29.3 Å². The molecule has 1 aromatic heterocycles. The Morgan fingerprint density at radius 1 is 0.600 bits per heavy atom. The average Bonchev–Trinajstić information content (AvgIpc) is 3.62. The van der Waals surface area contributed by atoms with Gasteiger partial charge in [0.2, 0.25) is 0 Å². The number of nitrogens with one attached hydrogen (secondary N) is 1. The van der Waals surface area contributed by atoms with Gasteiger partial charge in [-0.2, -0.15) is 0 Å². The number of fused-ring (bicyclic) bond motifs is 7. The van der Waals surface area contributed by atoms with Crippen molar-refractivity contribution in [2.75, 3.05) is 0 Å². The largest absolute Gasteiger partial charge is 0.362 e. The van der Waals surface area contributed by atoms with Crippen LogP contribution in [0.3, 0.4) is 0 Å². The highest BCUT2D eigenvalue weighted by molar-refractivity contribution is 6.14. The lowest BCUT2D eigenvalue weighted by atomic mass is 9.81. The Bertz CT molecular complexity index is 2770. The summed E-state index contributed by atoms with van der Waals surface area (Å²) in [6.45, 7) is 0. The lowest BCUT2D eigenvalue weighted by molar-refractivity contribution is 0.439. The van der Waals surface area contributed by atoms with Gasteiger partial charge in [0.15, 0.2) is 0 Å². The molecule has 11 rings (SSSR count). The summed E-state index contributed by atoms with van der Waals surface area (Å²) in [6.07, 6.45) is 14.7. The summed E-state index contributed by atoms with van der Waals surface area (Å²) in [5.41, 5.74) is 17.1. The van der Waals surface area contributed by atoms with E-state index in [1.165, 1.54) is 72.0 Å². The Kier molecular flexibility index (Phi) is 7.65. The fourth-order valence-electron chi connectivity index (χ4n) is 9.60. The van der Waals surface area contributed by atoms with Gasteiger partial charge in [0, 0.05) is 39.5 Å². The highest BCUT2D eigenvalue weighted by Gasteiger charge is 2.36. The van der Waals surface area contributed by atoms with Gasteiger partial charge in [-0.05, 0) is 100 Å². The number of aromatic nitrogens is 1. The zero-order chi connectivity index (χ0) is 36.3. The second-order valence-electron chi connectivity index (χ2n) is 15.4. The minimum absolute atomic E-state index is 0.0531. The third kappa shape index (κ3) is 5.45. The lowest BCUT2D eigenvalue weighted by Crippen LogP contribution is -2.39. The molecule has 1 aliphatic heterocycles. The first-order chi connectivity index (χ1) is 27.3. The summed E-state index contributed by atoms with van der Waals surface area (Å²) >= 11 is 0. The van der Waals surface area contributed by atoms with E-state index in [1.54, 1.807) is 5.57 Å². The Morgan fingerprint density at radius 3 is 2.04 bits per heavy atom. The number of benzene rings is 6. The van der Waals surface area contributed by atoms with Gasteiger partial charge in [0.1, 0.15) is 5.84 Å². The van der Waals surface area contributed by atoms with Crippen LogP contribution >= 0.6 is 0 Å². The molecule has 7 aromatic rings. The van der Waals surface area contributed by atoms with Crippen LogP contribution in [0.4, 0.5) is 0 Å². The molecule has 0 bridgehead atoms. The maximum Gasteiger partial charge on any atom is 0.134 e. The predicted octanol–water partition coefficient (Wildman–Crippen LogP) is 12.7. The van der Waals surface area contributed by atoms with E-state index in [-0.39, 0.29) is 12.0 Å². The minimum Gasteiger partial charge on any atom is -0.362 e. The van der Waals surface area contributed by atoms with Crippen LogP contribution in [-0.2, 0) is 6.42 Å². The number of allylic oxidation sites excluding steroid dienone is 7. The first kappa shape index (κ1) is 32.0. The van der Waals surface area contributed by atoms with Crippen molar-refractivity contribution >= 4 is 38.8 Å². The second-order valence-corrected chi connectivity index (χ2v) is 15.4. The monoisotopic (exact) mass is 707 g/mol. The van der Waals surface area contributed by atoms with Crippen LogP contribution in [0.25, 0.3) is 55.2 Å². The molecule has 1 N–H and O–H groups in total. The highest BCUT2D eigenvalue weighted by atomic mass is 15.1. The third-order valence-corrected chi connectivity index (χ3v) is 12.3. The van der Waals surface area contributed by atoms with Crippen LogP contribution in [-0.4, -0.2) is 10.4 Å². The maximum atomic E-state index is 5.38. The number of rotatable bonds is 5. The van der Waals surface area contributed by atoms with E-state index >= 15 is 0 Å². The van der Waals surface area contributed by atoms with Gasteiger partial charge in [0.05, 0.1) is 11.6 Å². The summed E-state index contributed by atoms with van der Waals surface area (Å²) in [7, 11) is 0. The Hall–Kier alpha value is -6.45. The van der Waals surface area contributed by atoms with Crippen molar-refractivity contribution < 1.29 is 0 Å². The van der Waals surface area contributed by atoms with E-state index in [4.69, 9.17) is 4.99 Å². The van der Waals surface area contributed by atoms with Gasteiger partial charge in [-0.3, -0.25) is 0 Å². The number of amidine groups is 1. The summed E-state index contributed by atoms with van der Waals surface area (Å²) in [6, 6.07) is 53.0. The molecule has 0 fully saturated rings. The molecule has 2 unspecified atom stereocenters. The average molecular weight is 708 g/mol. The van der Waals surface area contributed by atoms with E-state index in [0.29, 0.717) is 0 Å². The first-order valence-corrected chi connectivity index (χ1v) is 19.8. The zero-order valence-corrected chi connectivity index (χ0v) is 30.8. The van der Waals surface area contributed by atoms with Gasteiger partial charge in [-0.15, -0.1) is 0 Å². The van der Waals surface area contributed by atoms with Crippen LogP contribution < -0.4 is 5.32 Å². The van der Waals surface area contributed by atoms with Gasteiger partial charge < -0.3 is 9.88 Å². The molecule has 3 aliphatic carbocycles. The van der Waals surface area contributed by atoms with E-state index in [2.05, 4.69) is 180 Å². The molecule has 2 atom stereocenters. The molecule has 3 heteroatoms. The Morgan fingerprint density at radius 2 is 1.27 bits per heavy atom. The van der Waals surface area contributed by atoms with Crippen LogP contribution in [0.2, 0.25) is 0 Å². The quantitative estimate of drug-likeness (QED) is 0.190. The zero-order valence-electron chi connectivity index (χ0n) is 30.8. The fraction of sp³-hybridized carbons (Fsp3) is 0.135. The lowest BCUT2D eigenvalue weighted by Gasteiger charge is -2.37. The van der Waals surface area contributed by atoms with Crippen molar-refractivity contribution in [3.63, 3.8) is 0 Å². The Labute approximate surface area is 322 Å². The van der Waals surface area contributed by atoms with Crippen molar-refractivity contribution in [1.82, 2.24) is 9.88 Å². The smallest absolute Gasteiger partial charge is 0.134 e. The molecular weight excluding hydrogens is 667 g/mol. The summed E-state index contributed by atoms with van der Waals surface area (Å²) in [5.74, 6) is 1.09. The molecule has 4 aliphatic rings. The molecule has 264 valence electrons. The van der Waals surface area contributed by atoms with Gasteiger partial charge in [0.25, 0.3) is 0 Å². The van der Waals surface area contributed by atoms with Crippen molar-refractivity contribution in [3.8, 4) is 22.3 Å². The van der Waals surface area contributed by atoms with Crippen LogP contribution in [0, 0.1) is 5.92 Å². The predicted molar refractivity (Wildman–Crippen MR) is 230 cm³/mol. The number of hydrogen-bond acceptors (Lipinski definition) is 2. The van der Waals surface area contributed by atoms with Crippen LogP contribution in [0.1, 0.15) is 54.1 Å². The molecule has 2 heterocycles. The molecule has 0 spiro atoms. The van der Waals surface area contributed by atoms with E-state index < -0.39 is 0 Å². The molecular formula is C52H41N3. The molecule has 6 aromatic carbocycles. The molecule has 0 radical (unpaired) electrons. The molecule has 3 nitrogen and oxygen atoms in total. The van der Waals surface area contributed by atoms with Crippen LogP contribution in [0.15, 0.2) is 186 Å². The van der Waals surface area contributed by atoms with Gasteiger partial charge in [-0.1, -0.05) is 152 Å². The fourth-order valence-corrected chi connectivity index (χ4v) is 9.60. The standard InChI is InChI=1S/C52H41N3/c1-3-11-34(12-4-1)36-19-23-40(24-20-36)51-45-33-42(29-30-46(45)53-52(54-51)41-25-21-37(22-26-41)35-13-5-2-6-14-35)55-47-31-27-38-15-7-9-17-43(38)49(47)50-44-18-10-8-16-39(44)28-32-48(50)55/h1-9,11-17,19-27,29-31,45,51H,10,18,28,32-33H2,(H,53,54). The van der Waals surface area contributed by atoms with Crippen molar-refractivity contribution in [2.24, 2.45) is 10.9 Å². The summed E-state index contributed by atoms with van der Waals surface area (Å²) in [4.78, 5) is 5.38. The third-order valence-electron chi connectivity index (χ3n) is 12.3. The van der Waals surface area contributed by atoms with Crippen LogP contribution in [0.5, 0.6) is 0 Å². The van der Waals surface area contributed by atoms with Crippen molar-refractivity contribution in [2.45, 2.75) is 38.1 Å². The maximum absolute atomic E-state index is 5.38. The summed E-state index contributed by atoms with van der Waals surface area (Å²) < 4.78 is 2.64. The van der Waals surface area contributed by atoms with E-state index in [9.17, 15) is 0 Å². The van der Waals surface area contributed by atoms with Gasteiger partial charge in [-0.25, -0.2) is 4.99 Å². The summed E-state index contributed by atoms with van der Waals surface area (Å²) in [5, 5.41) is 8.07. The molecule has 0 saturated carbocycles. The minimum atomic E-state index is 0.0531. The normalized spacial score (nSPS) is 18.9. The van der Waals surface area contributed by atoms with E-state index in [1.807, 2.05) is 0 Å². The number of nitrogens with zero attached hydrogens (tertiary/aromatic N) is 2.